The van der Waals surface area contributed by atoms with Crippen molar-refractivity contribution in [3.05, 3.63) is 60.3 Å². The first kappa shape index (κ1) is 17.4. The Morgan fingerprint density at radius 1 is 1.15 bits per heavy atom. The SMILES string of the molecule is COc1ccc(C(=O)CSc2nnc(-c3c[nH]c4ccccc34)n2C)cc1. The van der Waals surface area contributed by atoms with Gasteiger partial charge in [0.2, 0.25) is 0 Å². The molecule has 0 unspecified atom stereocenters. The van der Waals surface area contributed by atoms with Crippen molar-refractivity contribution in [2.24, 2.45) is 7.05 Å². The van der Waals surface area contributed by atoms with E-state index in [4.69, 9.17) is 4.74 Å². The number of nitrogens with one attached hydrogen (secondary N) is 1. The van der Waals surface area contributed by atoms with Gasteiger partial charge in [-0.15, -0.1) is 10.2 Å². The Balaban J connectivity index is 1.51. The van der Waals surface area contributed by atoms with E-state index in [9.17, 15) is 4.79 Å². The second-order valence-corrected chi connectivity index (χ2v) is 7.00. The fraction of sp³-hybridized carbons (Fsp3) is 0.150. The summed E-state index contributed by atoms with van der Waals surface area (Å²) in [5.74, 6) is 1.84. The van der Waals surface area contributed by atoms with Crippen LogP contribution in [0.5, 0.6) is 5.75 Å². The Kier molecular flexibility index (Phi) is 4.68. The van der Waals surface area contributed by atoms with Gasteiger partial charge in [0, 0.05) is 35.3 Å². The van der Waals surface area contributed by atoms with Crippen LogP contribution in [-0.4, -0.2) is 38.4 Å². The Labute approximate surface area is 160 Å². The predicted octanol–water partition coefficient (Wildman–Crippen LogP) is 3.95. The summed E-state index contributed by atoms with van der Waals surface area (Å²) in [6.07, 6.45) is 1.94. The number of para-hydroxylation sites is 1. The zero-order valence-electron chi connectivity index (χ0n) is 15.0. The summed E-state index contributed by atoms with van der Waals surface area (Å²) in [7, 11) is 3.52. The van der Waals surface area contributed by atoms with Gasteiger partial charge >= 0.3 is 0 Å². The molecule has 0 bridgehead atoms. The first-order valence-corrected chi connectivity index (χ1v) is 9.42. The fourth-order valence-electron chi connectivity index (χ4n) is 2.92. The molecule has 7 heteroatoms. The standard InChI is InChI=1S/C20H18N4O2S/c1-24-19(16-11-21-17-6-4-3-5-15(16)17)22-23-20(24)27-12-18(25)13-7-9-14(26-2)10-8-13/h3-11,21H,12H2,1-2H3. The molecule has 136 valence electrons. The van der Waals surface area contributed by atoms with Crippen molar-refractivity contribution in [3.8, 4) is 17.1 Å². The normalized spacial score (nSPS) is 11.0. The molecule has 0 amide bonds. The summed E-state index contributed by atoms with van der Waals surface area (Å²) >= 11 is 1.38. The van der Waals surface area contributed by atoms with Crippen LogP contribution in [0.1, 0.15) is 10.4 Å². The third kappa shape index (κ3) is 3.33. The molecule has 1 N–H and O–H groups in total. The molecule has 2 heterocycles. The number of benzene rings is 2. The van der Waals surface area contributed by atoms with E-state index in [0.29, 0.717) is 16.5 Å². The topological polar surface area (TPSA) is 72.8 Å². The molecule has 2 aromatic heterocycles. The molecule has 4 rings (SSSR count). The minimum absolute atomic E-state index is 0.0410. The van der Waals surface area contributed by atoms with E-state index < -0.39 is 0 Å². The first-order chi connectivity index (χ1) is 13.2. The van der Waals surface area contributed by atoms with E-state index in [-0.39, 0.29) is 5.78 Å². The Morgan fingerprint density at radius 3 is 2.70 bits per heavy atom. The molecule has 2 aromatic carbocycles. The highest BCUT2D eigenvalue weighted by Gasteiger charge is 2.16. The third-order valence-electron chi connectivity index (χ3n) is 4.41. The zero-order chi connectivity index (χ0) is 18.8. The highest BCUT2D eigenvalue weighted by molar-refractivity contribution is 7.99. The summed E-state index contributed by atoms with van der Waals surface area (Å²) in [5, 5.41) is 10.4. The number of carbonyl (C=O) groups excluding carboxylic acids is 1. The summed E-state index contributed by atoms with van der Waals surface area (Å²) in [6, 6.07) is 15.2. The second-order valence-electron chi connectivity index (χ2n) is 6.05. The van der Waals surface area contributed by atoms with Gasteiger partial charge in [0.25, 0.3) is 0 Å². The van der Waals surface area contributed by atoms with E-state index in [1.807, 2.05) is 36.0 Å². The second kappa shape index (κ2) is 7.28. The van der Waals surface area contributed by atoms with Crippen molar-refractivity contribution < 1.29 is 9.53 Å². The first-order valence-electron chi connectivity index (χ1n) is 8.43. The van der Waals surface area contributed by atoms with Crippen LogP contribution in [-0.2, 0) is 7.05 Å². The molecule has 0 saturated heterocycles. The van der Waals surface area contributed by atoms with Gasteiger partial charge in [0.1, 0.15) is 5.75 Å². The number of methoxy groups -OCH3 is 1. The molecule has 0 saturated carbocycles. The number of fused-ring (bicyclic) bond motifs is 1. The van der Waals surface area contributed by atoms with Gasteiger partial charge in [-0.2, -0.15) is 0 Å². The van der Waals surface area contributed by atoms with Crippen LogP contribution in [0.3, 0.4) is 0 Å². The maximum atomic E-state index is 12.4. The quantitative estimate of drug-likeness (QED) is 0.406. The number of thioether (sulfide) groups is 1. The molecule has 0 fully saturated rings. The summed E-state index contributed by atoms with van der Waals surface area (Å²) in [6.45, 7) is 0. The Hall–Kier alpha value is -3.06. The monoisotopic (exact) mass is 378 g/mol. The van der Waals surface area contributed by atoms with Crippen molar-refractivity contribution in [2.45, 2.75) is 5.16 Å². The molecule has 0 aliphatic heterocycles. The largest absolute Gasteiger partial charge is 0.497 e. The lowest BCUT2D eigenvalue weighted by Crippen LogP contribution is -2.04. The Bertz CT molecular complexity index is 1100. The van der Waals surface area contributed by atoms with Crippen LogP contribution in [0.4, 0.5) is 0 Å². The van der Waals surface area contributed by atoms with Crippen LogP contribution in [0.2, 0.25) is 0 Å². The number of aromatic amines is 1. The third-order valence-corrected chi connectivity index (χ3v) is 5.43. The minimum atomic E-state index is 0.0410. The average Bonchev–Trinajstić information content (AvgIpc) is 3.29. The molecule has 6 nitrogen and oxygen atoms in total. The molecule has 0 aliphatic rings. The van der Waals surface area contributed by atoms with E-state index in [0.717, 1.165) is 28.0 Å². The number of hydrogen-bond acceptors (Lipinski definition) is 5. The number of hydrogen-bond donors (Lipinski definition) is 1. The lowest BCUT2D eigenvalue weighted by Gasteiger charge is -2.04. The van der Waals surface area contributed by atoms with Crippen LogP contribution in [0.15, 0.2) is 59.9 Å². The highest BCUT2D eigenvalue weighted by Crippen LogP contribution is 2.29. The molecule has 27 heavy (non-hydrogen) atoms. The van der Waals surface area contributed by atoms with Gasteiger partial charge < -0.3 is 14.3 Å². The molecule has 0 aliphatic carbocycles. The van der Waals surface area contributed by atoms with Crippen molar-refractivity contribution in [2.75, 3.05) is 12.9 Å². The number of carbonyl (C=O) groups is 1. The number of ether oxygens (including phenoxy) is 1. The van der Waals surface area contributed by atoms with Crippen molar-refractivity contribution >= 4 is 28.4 Å². The molecular weight excluding hydrogens is 360 g/mol. The molecule has 4 aromatic rings. The Morgan fingerprint density at radius 2 is 1.93 bits per heavy atom. The number of ketones is 1. The lowest BCUT2D eigenvalue weighted by atomic mass is 10.1. The minimum Gasteiger partial charge on any atom is -0.497 e. The van der Waals surface area contributed by atoms with Crippen molar-refractivity contribution in [1.82, 2.24) is 19.7 Å². The van der Waals surface area contributed by atoms with Gasteiger partial charge in [0.15, 0.2) is 16.8 Å². The summed E-state index contributed by atoms with van der Waals surface area (Å²) in [4.78, 5) is 15.7. The number of rotatable bonds is 6. The number of Topliss-reactive ketones (excluding diaryl/α,β-unsaturated/α-hetero) is 1. The van der Waals surface area contributed by atoms with E-state index >= 15 is 0 Å². The average molecular weight is 378 g/mol. The predicted molar refractivity (Wildman–Crippen MR) is 106 cm³/mol. The van der Waals surface area contributed by atoms with Crippen molar-refractivity contribution in [1.29, 1.82) is 0 Å². The van der Waals surface area contributed by atoms with E-state index in [2.05, 4.69) is 21.2 Å². The van der Waals surface area contributed by atoms with E-state index in [1.54, 1.807) is 31.4 Å². The lowest BCUT2D eigenvalue weighted by molar-refractivity contribution is 0.102. The number of nitrogens with zero attached hydrogens (tertiary/aromatic N) is 3. The van der Waals surface area contributed by atoms with Gasteiger partial charge in [-0.3, -0.25) is 4.79 Å². The number of H-pyrrole nitrogens is 1. The molecule has 0 radical (unpaired) electrons. The molecular formula is C20H18N4O2S. The van der Waals surface area contributed by atoms with Gasteiger partial charge in [-0.25, -0.2) is 0 Å². The smallest absolute Gasteiger partial charge is 0.191 e. The van der Waals surface area contributed by atoms with Crippen LogP contribution in [0.25, 0.3) is 22.3 Å². The van der Waals surface area contributed by atoms with Gasteiger partial charge in [-0.05, 0) is 30.3 Å². The summed E-state index contributed by atoms with van der Waals surface area (Å²) in [5.41, 5.74) is 2.70. The van der Waals surface area contributed by atoms with Crippen LogP contribution >= 0.6 is 11.8 Å². The van der Waals surface area contributed by atoms with E-state index in [1.165, 1.54) is 11.8 Å². The van der Waals surface area contributed by atoms with Crippen molar-refractivity contribution in [3.63, 3.8) is 0 Å². The summed E-state index contributed by atoms with van der Waals surface area (Å²) < 4.78 is 7.04. The highest BCUT2D eigenvalue weighted by atomic mass is 32.2. The van der Waals surface area contributed by atoms with Gasteiger partial charge in [0.05, 0.1) is 12.9 Å². The molecule has 0 spiro atoms. The van der Waals surface area contributed by atoms with Crippen LogP contribution in [0, 0.1) is 0 Å². The zero-order valence-corrected chi connectivity index (χ0v) is 15.8. The van der Waals surface area contributed by atoms with Gasteiger partial charge in [-0.1, -0.05) is 30.0 Å². The molecule has 0 atom stereocenters. The number of aromatic nitrogens is 4. The fourth-order valence-corrected chi connectivity index (χ4v) is 3.73. The maximum Gasteiger partial charge on any atom is 0.191 e. The van der Waals surface area contributed by atoms with Crippen LogP contribution < -0.4 is 4.74 Å². The maximum absolute atomic E-state index is 12.4.